The predicted molar refractivity (Wildman–Crippen MR) is 82.5 cm³/mol. The van der Waals surface area contributed by atoms with Crippen LogP contribution in [0.25, 0.3) is 0 Å². The summed E-state index contributed by atoms with van der Waals surface area (Å²) in [5.41, 5.74) is 0.827. The van der Waals surface area contributed by atoms with E-state index in [-0.39, 0.29) is 17.9 Å². The van der Waals surface area contributed by atoms with Gasteiger partial charge in [0.05, 0.1) is 28.3 Å². The van der Waals surface area contributed by atoms with Crippen LogP contribution >= 0.6 is 23.2 Å². The molecule has 0 radical (unpaired) electrons. The average molecular weight is 316 g/mol. The maximum atomic E-state index is 11.8. The summed E-state index contributed by atoms with van der Waals surface area (Å²) in [5.74, 6) is -0.102. The fraction of sp³-hybridized carbons (Fsp3) is 0.533. The van der Waals surface area contributed by atoms with E-state index in [9.17, 15) is 4.79 Å². The van der Waals surface area contributed by atoms with Gasteiger partial charge in [0.2, 0.25) is 0 Å². The van der Waals surface area contributed by atoms with Crippen molar-refractivity contribution in [1.82, 2.24) is 0 Å². The number of carbonyl (C=O) groups excluding carboxylic acids is 1. The lowest BCUT2D eigenvalue weighted by atomic mass is 9.85. The number of ether oxygens (including phenoxy) is 1. The van der Waals surface area contributed by atoms with E-state index in [1.54, 1.807) is 6.07 Å². The molecular formula is C15H19Cl2NO2. The maximum absolute atomic E-state index is 11.8. The SMILES string of the molecule is CCOC(=O)C1CCCC(Nc2cccc(Cl)c2Cl)C1. The molecule has 0 bridgehead atoms. The first-order valence-corrected chi connectivity index (χ1v) is 7.74. The quantitative estimate of drug-likeness (QED) is 0.830. The molecule has 0 aromatic heterocycles. The van der Waals surface area contributed by atoms with Crippen molar-refractivity contribution in [2.45, 2.75) is 38.6 Å². The van der Waals surface area contributed by atoms with E-state index in [4.69, 9.17) is 27.9 Å². The zero-order valence-corrected chi connectivity index (χ0v) is 13.0. The Morgan fingerprint density at radius 3 is 2.95 bits per heavy atom. The summed E-state index contributed by atoms with van der Waals surface area (Å²) in [6.07, 6.45) is 3.72. The van der Waals surface area contributed by atoms with Crippen molar-refractivity contribution < 1.29 is 9.53 Å². The Balaban J connectivity index is 1.99. The van der Waals surface area contributed by atoms with E-state index in [0.29, 0.717) is 16.7 Å². The molecule has 2 atom stereocenters. The number of rotatable bonds is 4. The van der Waals surface area contributed by atoms with Gasteiger partial charge in [-0.15, -0.1) is 0 Å². The Bertz CT molecular complexity index is 479. The van der Waals surface area contributed by atoms with Crippen molar-refractivity contribution in [3.05, 3.63) is 28.2 Å². The lowest BCUT2D eigenvalue weighted by Gasteiger charge is -2.29. The summed E-state index contributed by atoms with van der Waals surface area (Å²) in [6, 6.07) is 5.76. The van der Waals surface area contributed by atoms with E-state index in [1.165, 1.54) is 0 Å². The lowest BCUT2D eigenvalue weighted by molar-refractivity contribution is -0.149. The third-order valence-corrected chi connectivity index (χ3v) is 4.42. The van der Waals surface area contributed by atoms with Crippen molar-refractivity contribution in [3.8, 4) is 0 Å². The molecule has 3 nitrogen and oxygen atoms in total. The van der Waals surface area contributed by atoms with Gasteiger partial charge in [0.15, 0.2) is 0 Å². The van der Waals surface area contributed by atoms with Crippen LogP contribution in [0.15, 0.2) is 18.2 Å². The van der Waals surface area contributed by atoms with Gasteiger partial charge >= 0.3 is 5.97 Å². The maximum Gasteiger partial charge on any atom is 0.308 e. The van der Waals surface area contributed by atoms with Crippen LogP contribution in [0.5, 0.6) is 0 Å². The minimum atomic E-state index is -0.0869. The number of nitrogens with one attached hydrogen (secondary N) is 1. The van der Waals surface area contributed by atoms with Crippen LogP contribution in [0.1, 0.15) is 32.6 Å². The second-order valence-electron chi connectivity index (χ2n) is 5.06. The Kier molecular flexibility index (Phi) is 5.55. The first-order chi connectivity index (χ1) is 9.61. The van der Waals surface area contributed by atoms with E-state index in [1.807, 2.05) is 19.1 Å². The highest BCUT2D eigenvalue weighted by Crippen LogP contribution is 2.33. The lowest BCUT2D eigenvalue weighted by Crippen LogP contribution is -2.32. The molecule has 0 heterocycles. The van der Waals surface area contributed by atoms with Gasteiger partial charge in [0, 0.05) is 6.04 Å². The molecule has 110 valence electrons. The highest BCUT2D eigenvalue weighted by atomic mass is 35.5. The first kappa shape index (κ1) is 15.5. The number of anilines is 1. The van der Waals surface area contributed by atoms with Gasteiger partial charge in [-0.2, -0.15) is 0 Å². The molecule has 1 saturated carbocycles. The van der Waals surface area contributed by atoms with Crippen molar-refractivity contribution in [3.63, 3.8) is 0 Å². The van der Waals surface area contributed by atoms with Crippen molar-refractivity contribution in [2.24, 2.45) is 5.92 Å². The van der Waals surface area contributed by atoms with Crippen molar-refractivity contribution in [2.75, 3.05) is 11.9 Å². The Labute approximate surface area is 129 Å². The van der Waals surface area contributed by atoms with Crippen molar-refractivity contribution in [1.29, 1.82) is 0 Å². The minimum absolute atomic E-state index is 0.0147. The molecular weight excluding hydrogens is 297 g/mol. The second-order valence-corrected chi connectivity index (χ2v) is 5.84. The molecule has 1 N–H and O–H groups in total. The average Bonchev–Trinajstić information content (AvgIpc) is 2.44. The van der Waals surface area contributed by atoms with Gasteiger partial charge in [-0.25, -0.2) is 0 Å². The zero-order valence-electron chi connectivity index (χ0n) is 11.5. The first-order valence-electron chi connectivity index (χ1n) is 6.99. The molecule has 2 rings (SSSR count). The monoisotopic (exact) mass is 315 g/mol. The molecule has 20 heavy (non-hydrogen) atoms. The normalized spacial score (nSPS) is 22.4. The number of benzene rings is 1. The van der Waals surface area contributed by atoms with Crippen LogP contribution in [-0.4, -0.2) is 18.6 Å². The van der Waals surface area contributed by atoms with Gasteiger partial charge in [-0.1, -0.05) is 35.7 Å². The largest absolute Gasteiger partial charge is 0.466 e. The fourth-order valence-electron chi connectivity index (χ4n) is 2.63. The number of hydrogen-bond acceptors (Lipinski definition) is 3. The van der Waals surface area contributed by atoms with E-state index >= 15 is 0 Å². The highest BCUT2D eigenvalue weighted by Gasteiger charge is 2.28. The van der Waals surface area contributed by atoms with Gasteiger partial charge < -0.3 is 10.1 Å². The number of carbonyl (C=O) groups is 1. The molecule has 1 fully saturated rings. The molecule has 1 aliphatic rings. The summed E-state index contributed by atoms with van der Waals surface area (Å²) in [6.45, 7) is 2.27. The summed E-state index contributed by atoms with van der Waals surface area (Å²) < 4.78 is 5.11. The van der Waals surface area contributed by atoms with Crippen LogP contribution in [0, 0.1) is 5.92 Å². The number of halogens is 2. The van der Waals surface area contributed by atoms with Gasteiger partial charge in [0.25, 0.3) is 0 Å². The zero-order chi connectivity index (χ0) is 14.5. The summed E-state index contributed by atoms with van der Waals surface area (Å²) in [5, 5.41) is 4.46. The molecule has 0 amide bonds. The molecule has 5 heteroatoms. The molecule has 1 aliphatic carbocycles. The summed E-state index contributed by atoms with van der Waals surface area (Å²) in [7, 11) is 0. The molecule has 1 aromatic carbocycles. The van der Waals surface area contributed by atoms with Crippen molar-refractivity contribution >= 4 is 34.9 Å². The summed E-state index contributed by atoms with van der Waals surface area (Å²) in [4.78, 5) is 11.8. The molecule has 0 saturated heterocycles. The fourth-order valence-corrected chi connectivity index (χ4v) is 2.99. The van der Waals surface area contributed by atoms with Crippen LogP contribution < -0.4 is 5.32 Å². The molecule has 0 spiro atoms. The van der Waals surface area contributed by atoms with Gasteiger partial charge in [-0.3, -0.25) is 4.79 Å². The third-order valence-electron chi connectivity index (χ3n) is 3.61. The standard InChI is InChI=1S/C15H19Cl2NO2/c1-2-20-15(19)10-5-3-6-11(9-10)18-13-8-4-7-12(16)14(13)17/h4,7-8,10-11,18H,2-3,5-6,9H2,1H3. The Hall–Kier alpha value is -0.930. The number of hydrogen-bond donors (Lipinski definition) is 1. The summed E-state index contributed by atoms with van der Waals surface area (Å²) >= 11 is 12.2. The van der Waals surface area contributed by atoms with E-state index in [2.05, 4.69) is 5.32 Å². The van der Waals surface area contributed by atoms with Crippen LogP contribution in [0.4, 0.5) is 5.69 Å². The molecule has 2 unspecified atom stereocenters. The topological polar surface area (TPSA) is 38.3 Å². The molecule has 0 aliphatic heterocycles. The smallest absolute Gasteiger partial charge is 0.308 e. The second kappa shape index (κ2) is 7.19. The Morgan fingerprint density at radius 1 is 1.40 bits per heavy atom. The van der Waals surface area contributed by atoms with Crippen LogP contribution in [0.3, 0.4) is 0 Å². The molecule has 1 aromatic rings. The minimum Gasteiger partial charge on any atom is -0.466 e. The van der Waals surface area contributed by atoms with Gasteiger partial charge in [-0.05, 0) is 38.3 Å². The third kappa shape index (κ3) is 3.80. The Morgan fingerprint density at radius 2 is 2.20 bits per heavy atom. The van der Waals surface area contributed by atoms with E-state index < -0.39 is 0 Å². The predicted octanol–water partition coefficient (Wildman–Crippen LogP) is 4.53. The van der Waals surface area contributed by atoms with E-state index in [0.717, 1.165) is 31.4 Å². The van der Waals surface area contributed by atoms with Crippen LogP contribution in [0.2, 0.25) is 10.0 Å². The number of esters is 1. The van der Waals surface area contributed by atoms with Gasteiger partial charge in [0.1, 0.15) is 0 Å². The highest BCUT2D eigenvalue weighted by molar-refractivity contribution is 6.43. The van der Waals surface area contributed by atoms with Crippen LogP contribution in [-0.2, 0) is 9.53 Å².